The highest BCUT2D eigenvalue weighted by Crippen LogP contribution is 2.33. The second kappa shape index (κ2) is 9.59. The lowest BCUT2D eigenvalue weighted by molar-refractivity contribution is 0.0241. The molecule has 148 valence electrons. The monoisotopic (exact) mass is 391 g/mol. The summed E-state index contributed by atoms with van der Waals surface area (Å²) in [6, 6.07) is 0. The first kappa shape index (κ1) is 20.2. The number of fused-ring (bicyclic) bond motifs is 3. The first-order valence-corrected chi connectivity index (χ1v) is 10.6. The quantitative estimate of drug-likeness (QED) is 0.481. The summed E-state index contributed by atoms with van der Waals surface area (Å²) in [6.45, 7) is 8.22. The van der Waals surface area contributed by atoms with Crippen LogP contribution >= 0.6 is 11.3 Å². The van der Waals surface area contributed by atoms with Crippen molar-refractivity contribution in [3.8, 4) is 0 Å². The Bertz CT molecular complexity index is 830. The average Bonchev–Trinajstić information content (AvgIpc) is 3.00. The molecule has 2 aromatic heterocycles. The minimum atomic E-state index is -0.582. The number of nitrogens with one attached hydrogen (secondary N) is 1. The molecule has 2 N–H and O–H groups in total. The minimum Gasteiger partial charge on any atom is -0.389 e. The minimum absolute atomic E-state index is 0.0271. The van der Waals surface area contributed by atoms with Crippen molar-refractivity contribution in [2.24, 2.45) is 0 Å². The summed E-state index contributed by atoms with van der Waals surface area (Å²) < 4.78 is 5.33. The normalized spacial score (nSPS) is 15.2. The fraction of sp³-hybridized carbons (Fsp3) is 0.600. The zero-order valence-corrected chi connectivity index (χ0v) is 16.8. The van der Waals surface area contributed by atoms with Gasteiger partial charge in [-0.25, -0.2) is 4.98 Å². The number of thiophene rings is 1. The third-order valence-electron chi connectivity index (χ3n) is 4.80. The number of hydrogen-bond donors (Lipinski definition) is 2. The van der Waals surface area contributed by atoms with Crippen molar-refractivity contribution in [3.05, 3.63) is 39.3 Å². The van der Waals surface area contributed by atoms with Gasteiger partial charge in [0, 0.05) is 11.4 Å². The molecule has 3 rings (SSSR count). The Balaban J connectivity index is 1.74. The smallest absolute Gasteiger partial charge is 0.259 e. The molecule has 0 aromatic carbocycles. The zero-order valence-electron chi connectivity index (χ0n) is 16.0. The predicted molar refractivity (Wildman–Crippen MR) is 109 cm³/mol. The van der Waals surface area contributed by atoms with E-state index >= 15 is 0 Å². The van der Waals surface area contributed by atoms with Gasteiger partial charge >= 0.3 is 0 Å². The van der Waals surface area contributed by atoms with E-state index < -0.39 is 6.10 Å². The molecule has 0 radical (unpaired) electrons. The average molecular weight is 392 g/mol. The van der Waals surface area contributed by atoms with E-state index in [2.05, 4.69) is 23.4 Å². The Kier molecular flexibility index (Phi) is 7.18. The molecule has 27 heavy (non-hydrogen) atoms. The van der Waals surface area contributed by atoms with Crippen LogP contribution in [-0.4, -0.2) is 52.4 Å². The van der Waals surface area contributed by atoms with Crippen molar-refractivity contribution < 1.29 is 9.84 Å². The highest BCUT2D eigenvalue weighted by molar-refractivity contribution is 7.18. The Morgan fingerprint density at radius 1 is 1.44 bits per heavy atom. The number of aromatic nitrogens is 2. The largest absolute Gasteiger partial charge is 0.389 e. The molecule has 0 amide bonds. The number of aryl methyl sites for hydroxylation is 2. The van der Waals surface area contributed by atoms with E-state index in [0.29, 0.717) is 25.5 Å². The maximum Gasteiger partial charge on any atom is 0.259 e. The highest BCUT2D eigenvalue weighted by Gasteiger charge is 2.20. The molecule has 0 bridgehead atoms. The maximum absolute atomic E-state index is 12.7. The molecule has 1 aliphatic carbocycles. The van der Waals surface area contributed by atoms with Gasteiger partial charge in [-0.2, -0.15) is 0 Å². The molecule has 0 saturated heterocycles. The standard InChI is InChI=1S/C20H29N3O3S/c1-3-9-23(11-14(24)13-26-10-4-2)12-17-21-19(25)18-15-7-5-6-8-16(15)27-20(18)22-17/h4,14,24H,2-3,5-13H2,1H3,(H,21,22,25)/t14-/m1/s1. The number of aromatic amines is 1. The number of rotatable bonds is 10. The van der Waals surface area contributed by atoms with Crippen LogP contribution in [0.3, 0.4) is 0 Å². The number of hydrogen-bond acceptors (Lipinski definition) is 6. The van der Waals surface area contributed by atoms with E-state index in [1.807, 2.05) is 0 Å². The first-order valence-electron chi connectivity index (χ1n) is 9.74. The van der Waals surface area contributed by atoms with Crippen molar-refractivity contribution in [3.63, 3.8) is 0 Å². The van der Waals surface area contributed by atoms with E-state index in [9.17, 15) is 9.90 Å². The third kappa shape index (κ3) is 5.04. The predicted octanol–water partition coefficient (Wildman–Crippen LogP) is 2.64. The van der Waals surface area contributed by atoms with Crippen LogP contribution in [-0.2, 0) is 24.1 Å². The van der Waals surface area contributed by atoms with Crippen LogP contribution < -0.4 is 5.56 Å². The summed E-state index contributed by atoms with van der Waals surface area (Å²) >= 11 is 1.67. The molecular weight excluding hydrogens is 362 g/mol. The van der Waals surface area contributed by atoms with E-state index in [0.717, 1.165) is 42.4 Å². The van der Waals surface area contributed by atoms with E-state index in [1.165, 1.54) is 16.9 Å². The molecule has 0 spiro atoms. The van der Waals surface area contributed by atoms with Gasteiger partial charge in [-0.3, -0.25) is 9.69 Å². The second-order valence-electron chi connectivity index (χ2n) is 7.12. The molecule has 0 aliphatic heterocycles. The van der Waals surface area contributed by atoms with Crippen molar-refractivity contribution in [2.75, 3.05) is 26.3 Å². The fourth-order valence-corrected chi connectivity index (χ4v) is 4.97. The van der Waals surface area contributed by atoms with Gasteiger partial charge in [0.05, 0.1) is 31.2 Å². The zero-order chi connectivity index (χ0) is 19.2. The Morgan fingerprint density at radius 3 is 3.04 bits per heavy atom. The number of aliphatic hydroxyl groups is 1. The molecule has 2 aromatic rings. The number of H-pyrrole nitrogens is 1. The van der Waals surface area contributed by atoms with Crippen molar-refractivity contribution in [2.45, 2.75) is 51.7 Å². The van der Waals surface area contributed by atoms with E-state index in [1.54, 1.807) is 17.4 Å². The third-order valence-corrected chi connectivity index (χ3v) is 5.99. The van der Waals surface area contributed by atoms with Crippen LogP contribution in [0, 0.1) is 0 Å². The summed E-state index contributed by atoms with van der Waals surface area (Å²) in [5.74, 6) is 0.666. The van der Waals surface area contributed by atoms with E-state index in [-0.39, 0.29) is 12.2 Å². The van der Waals surface area contributed by atoms with E-state index in [4.69, 9.17) is 9.72 Å². The van der Waals surface area contributed by atoms with Gasteiger partial charge in [-0.15, -0.1) is 17.9 Å². The van der Waals surface area contributed by atoms with Crippen LogP contribution in [0.25, 0.3) is 10.2 Å². The summed E-state index contributed by atoms with van der Waals surface area (Å²) in [7, 11) is 0. The van der Waals surface area contributed by atoms with Gasteiger partial charge in [-0.1, -0.05) is 13.0 Å². The molecule has 2 heterocycles. The first-order chi connectivity index (χ1) is 13.1. The number of aliphatic hydroxyl groups excluding tert-OH is 1. The van der Waals surface area contributed by atoms with Crippen LogP contribution in [0.1, 0.15) is 42.5 Å². The molecule has 1 atom stereocenters. The van der Waals surface area contributed by atoms with Gasteiger partial charge < -0.3 is 14.8 Å². The van der Waals surface area contributed by atoms with Gasteiger partial charge in [0.1, 0.15) is 10.7 Å². The highest BCUT2D eigenvalue weighted by atomic mass is 32.1. The summed E-state index contributed by atoms with van der Waals surface area (Å²) in [4.78, 5) is 24.7. The summed E-state index contributed by atoms with van der Waals surface area (Å²) in [5.41, 5.74) is 1.18. The molecule has 1 aliphatic rings. The summed E-state index contributed by atoms with van der Waals surface area (Å²) in [6.07, 6.45) is 6.43. The maximum atomic E-state index is 12.7. The second-order valence-corrected chi connectivity index (χ2v) is 8.20. The topological polar surface area (TPSA) is 78.5 Å². The van der Waals surface area contributed by atoms with Crippen LogP contribution in [0.2, 0.25) is 0 Å². The van der Waals surface area contributed by atoms with Crippen LogP contribution in [0.5, 0.6) is 0 Å². The Labute approximate surface area is 163 Å². The summed E-state index contributed by atoms with van der Waals surface area (Å²) in [5, 5.41) is 11.0. The lowest BCUT2D eigenvalue weighted by Gasteiger charge is -2.24. The van der Waals surface area contributed by atoms with Crippen molar-refractivity contribution >= 4 is 21.6 Å². The fourth-order valence-electron chi connectivity index (χ4n) is 3.68. The van der Waals surface area contributed by atoms with Crippen molar-refractivity contribution in [1.82, 2.24) is 14.9 Å². The van der Waals surface area contributed by atoms with Crippen molar-refractivity contribution in [1.29, 1.82) is 0 Å². The lowest BCUT2D eigenvalue weighted by Crippen LogP contribution is -2.36. The van der Waals surface area contributed by atoms with Crippen LogP contribution in [0.4, 0.5) is 0 Å². The molecule has 6 nitrogen and oxygen atoms in total. The number of nitrogens with zero attached hydrogens (tertiary/aromatic N) is 2. The van der Waals surface area contributed by atoms with Gasteiger partial charge in [0.2, 0.25) is 0 Å². The van der Waals surface area contributed by atoms with Gasteiger partial charge in [0.15, 0.2) is 0 Å². The van der Waals surface area contributed by atoms with Gasteiger partial charge in [-0.05, 0) is 44.2 Å². The molecular formula is C20H29N3O3S. The Hall–Kier alpha value is -1.54. The Morgan fingerprint density at radius 2 is 2.26 bits per heavy atom. The number of ether oxygens (including phenoxy) is 1. The molecule has 0 saturated carbocycles. The van der Waals surface area contributed by atoms with Gasteiger partial charge in [0.25, 0.3) is 5.56 Å². The SMILES string of the molecule is C=CCOC[C@H](O)CN(CCC)Cc1nc2sc3c(c2c(=O)[nH]1)CCCC3. The molecule has 7 heteroatoms. The van der Waals surface area contributed by atoms with Crippen LogP contribution in [0.15, 0.2) is 17.4 Å². The lowest BCUT2D eigenvalue weighted by atomic mass is 9.97. The molecule has 0 fully saturated rings. The molecule has 0 unspecified atom stereocenters.